The van der Waals surface area contributed by atoms with E-state index < -0.39 is 11.7 Å². The topological polar surface area (TPSA) is 40.5 Å². The van der Waals surface area contributed by atoms with Crippen LogP contribution in [0.15, 0.2) is 11.6 Å². The summed E-state index contributed by atoms with van der Waals surface area (Å²) in [7, 11) is 0. The smallest absolute Gasteiger partial charge is 0.136 e. The van der Waals surface area contributed by atoms with Crippen molar-refractivity contribution in [1.29, 1.82) is 0 Å². The minimum atomic E-state index is -1.03. The van der Waals surface area contributed by atoms with E-state index in [1.54, 1.807) is 26.8 Å². The molecule has 0 aromatic rings. The van der Waals surface area contributed by atoms with Gasteiger partial charge in [0, 0.05) is 0 Å². The van der Waals surface area contributed by atoms with Gasteiger partial charge < -0.3 is 10.2 Å². The molecule has 1 unspecified atom stereocenters. The first-order valence-electron chi connectivity index (χ1n) is 3.93. The van der Waals surface area contributed by atoms with Crippen molar-refractivity contribution in [3.63, 3.8) is 0 Å². The van der Waals surface area contributed by atoms with E-state index in [-0.39, 0.29) is 0 Å². The van der Waals surface area contributed by atoms with Gasteiger partial charge in [0.1, 0.15) is 11.7 Å². The Hall–Kier alpha value is -0.780. The fraction of sp³-hybridized carbons (Fsp3) is 0.600. The van der Waals surface area contributed by atoms with E-state index in [0.29, 0.717) is 0 Å². The molecule has 0 aliphatic rings. The Balaban J connectivity index is 4.33. The maximum absolute atomic E-state index is 9.33. The van der Waals surface area contributed by atoms with Crippen LogP contribution < -0.4 is 0 Å². The average molecular weight is 168 g/mol. The zero-order valence-electron chi connectivity index (χ0n) is 8.05. The molecule has 0 bridgehead atoms. The predicted octanol–water partition coefficient (Wildman–Crippen LogP) is 1.09. The minimum absolute atomic E-state index is 0.763. The Bertz CT molecular complexity index is 222. The van der Waals surface area contributed by atoms with E-state index in [9.17, 15) is 10.2 Å². The molecule has 2 nitrogen and oxygen atoms in total. The van der Waals surface area contributed by atoms with Gasteiger partial charge in [-0.25, -0.2) is 0 Å². The van der Waals surface area contributed by atoms with Crippen molar-refractivity contribution in [3.05, 3.63) is 11.6 Å². The highest BCUT2D eigenvalue weighted by Crippen LogP contribution is 2.01. The van der Waals surface area contributed by atoms with E-state index in [0.717, 1.165) is 5.57 Å². The molecule has 68 valence electrons. The zero-order valence-corrected chi connectivity index (χ0v) is 8.05. The Labute approximate surface area is 73.9 Å². The molecule has 0 aromatic carbocycles. The van der Waals surface area contributed by atoms with Crippen LogP contribution in [0.25, 0.3) is 0 Å². The van der Waals surface area contributed by atoms with Crippen LogP contribution in [0, 0.1) is 11.8 Å². The summed E-state index contributed by atoms with van der Waals surface area (Å²) in [5, 5.41) is 18.5. The number of rotatable bonds is 1. The number of hydrogen-bond donors (Lipinski definition) is 2. The summed E-state index contributed by atoms with van der Waals surface area (Å²) < 4.78 is 0. The van der Waals surface area contributed by atoms with Crippen LogP contribution in [0.4, 0.5) is 0 Å². The third-order valence-corrected chi connectivity index (χ3v) is 1.40. The molecule has 0 saturated heterocycles. The highest BCUT2D eigenvalue weighted by molar-refractivity contribution is 5.22. The zero-order chi connectivity index (χ0) is 9.78. The van der Waals surface area contributed by atoms with Gasteiger partial charge in [-0.1, -0.05) is 17.9 Å². The molecule has 0 amide bonds. The first kappa shape index (κ1) is 11.2. The molecule has 12 heavy (non-hydrogen) atoms. The van der Waals surface area contributed by atoms with Gasteiger partial charge in [-0.05, 0) is 33.3 Å². The first-order chi connectivity index (χ1) is 5.37. The minimum Gasteiger partial charge on any atom is -0.378 e. The molecule has 0 fully saturated rings. The van der Waals surface area contributed by atoms with Crippen LogP contribution in [-0.4, -0.2) is 21.9 Å². The van der Waals surface area contributed by atoms with E-state index in [2.05, 4.69) is 11.8 Å². The fourth-order valence-corrected chi connectivity index (χ4v) is 0.517. The summed E-state index contributed by atoms with van der Waals surface area (Å²) in [6.45, 7) is 6.80. The predicted molar refractivity (Wildman–Crippen MR) is 49.5 cm³/mol. The second kappa shape index (κ2) is 4.30. The van der Waals surface area contributed by atoms with Crippen molar-refractivity contribution in [1.82, 2.24) is 0 Å². The number of aliphatic hydroxyl groups excluding tert-OH is 1. The Morgan fingerprint density at radius 1 is 1.50 bits per heavy atom. The SMILES string of the molecule is C/C=C(/C)C(O)C#CC(C)(C)O. The molecular weight excluding hydrogens is 152 g/mol. The maximum atomic E-state index is 9.33. The molecule has 1 atom stereocenters. The number of allylic oxidation sites excluding steroid dienone is 1. The summed E-state index contributed by atoms with van der Waals surface area (Å²) in [4.78, 5) is 0. The van der Waals surface area contributed by atoms with Gasteiger partial charge in [0.2, 0.25) is 0 Å². The van der Waals surface area contributed by atoms with Crippen LogP contribution in [0.3, 0.4) is 0 Å². The van der Waals surface area contributed by atoms with Gasteiger partial charge in [0.05, 0.1) is 0 Å². The Kier molecular flexibility index (Phi) is 4.02. The van der Waals surface area contributed by atoms with Crippen molar-refractivity contribution in [2.75, 3.05) is 0 Å². The molecule has 0 saturated carbocycles. The Morgan fingerprint density at radius 2 is 2.00 bits per heavy atom. The van der Waals surface area contributed by atoms with Gasteiger partial charge in [-0.15, -0.1) is 0 Å². The standard InChI is InChI=1S/C10H16O2/c1-5-8(2)9(11)6-7-10(3,4)12/h5,9,11-12H,1-4H3/b8-5-. The van der Waals surface area contributed by atoms with Crippen LogP contribution in [0.2, 0.25) is 0 Å². The number of aliphatic hydroxyl groups is 2. The van der Waals surface area contributed by atoms with Crippen molar-refractivity contribution in [2.24, 2.45) is 0 Å². The molecular formula is C10H16O2. The molecule has 0 aliphatic carbocycles. The molecule has 0 radical (unpaired) electrons. The van der Waals surface area contributed by atoms with Crippen molar-refractivity contribution < 1.29 is 10.2 Å². The van der Waals surface area contributed by atoms with Crippen molar-refractivity contribution in [2.45, 2.75) is 39.4 Å². The van der Waals surface area contributed by atoms with Crippen LogP contribution in [-0.2, 0) is 0 Å². The molecule has 0 aromatic heterocycles. The third-order valence-electron chi connectivity index (χ3n) is 1.40. The van der Waals surface area contributed by atoms with E-state index in [1.807, 2.05) is 6.92 Å². The average Bonchev–Trinajstić information content (AvgIpc) is 1.97. The van der Waals surface area contributed by atoms with Gasteiger partial charge in [0.15, 0.2) is 0 Å². The molecule has 0 heterocycles. The second-order valence-electron chi connectivity index (χ2n) is 3.26. The lowest BCUT2D eigenvalue weighted by atomic mass is 10.1. The van der Waals surface area contributed by atoms with Gasteiger partial charge in [-0.2, -0.15) is 0 Å². The third kappa shape index (κ3) is 4.95. The van der Waals surface area contributed by atoms with E-state index >= 15 is 0 Å². The lowest BCUT2D eigenvalue weighted by Gasteiger charge is -2.08. The van der Waals surface area contributed by atoms with Gasteiger partial charge >= 0.3 is 0 Å². The van der Waals surface area contributed by atoms with Crippen LogP contribution in [0.1, 0.15) is 27.7 Å². The lowest BCUT2D eigenvalue weighted by molar-refractivity contribution is 0.143. The summed E-state index contributed by atoms with van der Waals surface area (Å²) in [6, 6.07) is 0. The summed E-state index contributed by atoms with van der Waals surface area (Å²) >= 11 is 0. The maximum Gasteiger partial charge on any atom is 0.136 e. The highest BCUT2D eigenvalue weighted by atomic mass is 16.3. The molecule has 0 spiro atoms. The molecule has 2 heteroatoms. The Morgan fingerprint density at radius 3 is 2.33 bits per heavy atom. The highest BCUT2D eigenvalue weighted by Gasteiger charge is 2.07. The largest absolute Gasteiger partial charge is 0.378 e. The van der Waals surface area contributed by atoms with Crippen LogP contribution >= 0.6 is 0 Å². The first-order valence-corrected chi connectivity index (χ1v) is 3.93. The summed E-state index contributed by atoms with van der Waals surface area (Å²) in [5.74, 6) is 5.11. The summed E-state index contributed by atoms with van der Waals surface area (Å²) in [6.07, 6.45) is 1.03. The molecule has 0 rings (SSSR count). The molecule has 2 N–H and O–H groups in total. The second-order valence-corrected chi connectivity index (χ2v) is 3.26. The molecule has 0 aliphatic heterocycles. The normalized spacial score (nSPS) is 15.0. The number of hydrogen-bond acceptors (Lipinski definition) is 2. The van der Waals surface area contributed by atoms with Gasteiger partial charge in [-0.3, -0.25) is 0 Å². The lowest BCUT2D eigenvalue weighted by Crippen LogP contribution is -2.16. The van der Waals surface area contributed by atoms with E-state index in [4.69, 9.17) is 0 Å². The van der Waals surface area contributed by atoms with Crippen LogP contribution in [0.5, 0.6) is 0 Å². The van der Waals surface area contributed by atoms with Gasteiger partial charge in [0.25, 0.3) is 0 Å². The van der Waals surface area contributed by atoms with Crippen molar-refractivity contribution in [3.8, 4) is 11.8 Å². The summed E-state index contributed by atoms with van der Waals surface area (Å²) in [5.41, 5.74) is -0.235. The quantitative estimate of drug-likeness (QED) is 0.454. The van der Waals surface area contributed by atoms with E-state index in [1.165, 1.54) is 0 Å². The fourth-order valence-electron chi connectivity index (χ4n) is 0.517. The monoisotopic (exact) mass is 168 g/mol. The van der Waals surface area contributed by atoms with Crippen molar-refractivity contribution >= 4 is 0 Å².